The van der Waals surface area contributed by atoms with E-state index in [0.717, 1.165) is 31.7 Å². The number of nitrogens with one attached hydrogen (secondary N) is 1. The molecular weight excluding hydrogens is 214 g/mol. The van der Waals surface area contributed by atoms with Crippen LogP contribution in [0.4, 0.5) is 0 Å². The Morgan fingerprint density at radius 1 is 1.18 bits per heavy atom. The molecule has 0 saturated carbocycles. The predicted octanol–water partition coefficient (Wildman–Crippen LogP) is 2.25. The molecule has 0 saturated heterocycles. The van der Waals surface area contributed by atoms with Crippen molar-refractivity contribution in [3.63, 3.8) is 0 Å². The quantitative estimate of drug-likeness (QED) is 0.703. The second-order valence-electron chi connectivity index (χ2n) is 4.25. The van der Waals surface area contributed by atoms with Crippen molar-refractivity contribution in [2.75, 3.05) is 27.4 Å². The first-order valence-electron chi connectivity index (χ1n) is 6.11. The van der Waals surface area contributed by atoms with E-state index in [1.165, 1.54) is 5.56 Å². The summed E-state index contributed by atoms with van der Waals surface area (Å²) in [7, 11) is 3.43. The molecule has 0 heterocycles. The molecule has 0 aromatic heterocycles. The van der Waals surface area contributed by atoms with E-state index >= 15 is 0 Å². The molecule has 3 nitrogen and oxygen atoms in total. The maximum Gasteiger partial charge on any atom is 0.118 e. The van der Waals surface area contributed by atoms with Crippen LogP contribution in [0.5, 0.6) is 5.75 Å². The van der Waals surface area contributed by atoms with Crippen molar-refractivity contribution >= 4 is 0 Å². The van der Waals surface area contributed by atoms with Crippen LogP contribution in [0.15, 0.2) is 24.3 Å². The fourth-order valence-electron chi connectivity index (χ4n) is 1.75. The van der Waals surface area contributed by atoms with Crippen molar-refractivity contribution in [2.24, 2.45) is 0 Å². The second kappa shape index (κ2) is 8.09. The van der Waals surface area contributed by atoms with Crippen LogP contribution in [0.2, 0.25) is 0 Å². The van der Waals surface area contributed by atoms with Crippen molar-refractivity contribution in [1.29, 1.82) is 0 Å². The number of benzene rings is 1. The number of rotatable bonds is 8. The lowest BCUT2D eigenvalue weighted by Gasteiger charge is -2.13. The minimum atomic E-state index is 0.486. The largest absolute Gasteiger partial charge is 0.497 e. The van der Waals surface area contributed by atoms with E-state index in [-0.39, 0.29) is 0 Å². The van der Waals surface area contributed by atoms with Crippen LogP contribution in [-0.4, -0.2) is 33.4 Å². The normalized spacial score (nSPS) is 12.4. The van der Waals surface area contributed by atoms with E-state index in [1.807, 2.05) is 12.1 Å². The molecule has 0 amide bonds. The zero-order valence-corrected chi connectivity index (χ0v) is 11.0. The van der Waals surface area contributed by atoms with Crippen LogP contribution in [0.3, 0.4) is 0 Å². The molecule has 1 rings (SSSR count). The predicted molar refractivity (Wildman–Crippen MR) is 70.7 cm³/mol. The molecule has 3 heteroatoms. The standard InChI is InChI=1S/C14H23NO2/c1-12(15-9-4-10-16-2)11-13-5-7-14(17-3)8-6-13/h5-8,12,15H,4,9-11H2,1-3H3. The van der Waals surface area contributed by atoms with Gasteiger partial charge in [-0.05, 0) is 44.0 Å². The van der Waals surface area contributed by atoms with Gasteiger partial charge in [-0.1, -0.05) is 12.1 Å². The fraction of sp³-hybridized carbons (Fsp3) is 0.571. The lowest BCUT2D eigenvalue weighted by molar-refractivity contribution is 0.193. The monoisotopic (exact) mass is 237 g/mol. The van der Waals surface area contributed by atoms with Gasteiger partial charge >= 0.3 is 0 Å². The van der Waals surface area contributed by atoms with Gasteiger partial charge in [0.1, 0.15) is 5.75 Å². The molecule has 0 radical (unpaired) electrons. The van der Waals surface area contributed by atoms with Gasteiger partial charge in [-0.25, -0.2) is 0 Å². The third-order valence-electron chi connectivity index (χ3n) is 2.72. The summed E-state index contributed by atoms with van der Waals surface area (Å²) in [6.45, 7) is 4.03. The summed E-state index contributed by atoms with van der Waals surface area (Å²) < 4.78 is 10.1. The highest BCUT2D eigenvalue weighted by atomic mass is 16.5. The van der Waals surface area contributed by atoms with Crippen LogP contribution < -0.4 is 10.1 Å². The summed E-state index contributed by atoms with van der Waals surface area (Å²) in [6.07, 6.45) is 2.10. The highest BCUT2D eigenvalue weighted by Gasteiger charge is 2.02. The van der Waals surface area contributed by atoms with Gasteiger partial charge in [0, 0.05) is 19.8 Å². The van der Waals surface area contributed by atoms with Crippen LogP contribution in [0.1, 0.15) is 18.9 Å². The first kappa shape index (κ1) is 14.0. The van der Waals surface area contributed by atoms with E-state index < -0.39 is 0 Å². The average Bonchev–Trinajstić information content (AvgIpc) is 2.36. The molecule has 1 aromatic rings. The Morgan fingerprint density at radius 3 is 2.47 bits per heavy atom. The lowest BCUT2D eigenvalue weighted by atomic mass is 10.1. The molecule has 0 fully saturated rings. The molecule has 96 valence electrons. The summed E-state index contributed by atoms with van der Waals surface area (Å²) >= 11 is 0. The molecule has 1 atom stereocenters. The zero-order chi connectivity index (χ0) is 12.5. The van der Waals surface area contributed by atoms with E-state index in [0.29, 0.717) is 6.04 Å². The van der Waals surface area contributed by atoms with Crippen molar-refractivity contribution in [3.8, 4) is 5.75 Å². The summed E-state index contributed by atoms with van der Waals surface area (Å²) in [5.74, 6) is 0.912. The summed E-state index contributed by atoms with van der Waals surface area (Å²) in [6, 6.07) is 8.73. The van der Waals surface area contributed by atoms with Gasteiger partial charge in [-0.3, -0.25) is 0 Å². The van der Waals surface area contributed by atoms with Crippen molar-refractivity contribution < 1.29 is 9.47 Å². The molecule has 17 heavy (non-hydrogen) atoms. The highest BCUT2D eigenvalue weighted by Crippen LogP contribution is 2.12. The van der Waals surface area contributed by atoms with Crippen molar-refractivity contribution in [3.05, 3.63) is 29.8 Å². The summed E-state index contributed by atoms with van der Waals surface area (Å²) in [4.78, 5) is 0. The van der Waals surface area contributed by atoms with Gasteiger partial charge < -0.3 is 14.8 Å². The minimum Gasteiger partial charge on any atom is -0.497 e. The Morgan fingerprint density at radius 2 is 1.88 bits per heavy atom. The maximum atomic E-state index is 5.14. The average molecular weight is 237 g/mol. The third kappa shape index (κ3) is 5.71. The molecule has 0 aliphatic rings. The number of hydrogen-bond donors (Lipinski definition) is 1. The first-order chi connectivity index (χ1) is 8.26. The molecule has 0 aliphatic carbocycles. The van der Waals surface area contributed by atoms with Crippen LogP contribution in [0.25, 0.3) is 0 Å². The summed E-state index contributed by atoms with van der Waals surface area (Å²) in [5.41, 5.74) is 1.33. The van der Waals surface area contributed by atoms with Gasteiger partial charge in [0.05, 0.1) is 7.11 Å². The number of hydrogen-bond acceptors (Lipinski definition) is 3. The Labute approximate surface area is 104 Å². The minimum absolute atomic E-state index is 0.486. The van der Waals surface area contributed by atoms with E-state index in [4.69, 9.17) is 9.47 Å². The lowest BCUT2D eigenvalue weighted by Crippen LogP contribution is -2.29. The third-order valence-corrected chi connectivity index (χ3v) is 2.72. The molecule has 0 aliphatic heterocycles. The molecular formula is C14H23NO2. The maximum absolute atomic E-state index is 5.14. The van der Waals surface area contributed by atoms with E-state index in [2.05, 4.69) is 24.4 Å². The Hall–Kier alpha value is -1.06. The first-order valence-corrected chi connectivity index (χ1v) is 6.11. The molecule has 0 spiro atoms. The van der Waals surface area contributed by atoms with Gasteiger partial charge in [-0.15, -0.1) is 0 Å². The van der Waals surface area contributed by atoms with Crippen LogP contribution >= 0.6 is 0 Å². The van der Waals surface area contributed by atoms with Gasteiger partial charge in [0.2, 0.25) is 0 Å². The number of ether oxygens (including phenoxy) is 2. The molecule has 1 unspecified atom stereocenters. The topological polar surface area (TPSA) is 30.5 Å². The second-order valence-corrected chi connectivity index (χ2v) is 4.25. The van der Waals surface area contributed by atoms with E-state index in [9.17, 15) is 0 Å². The molecule has 0 bridgehead atoms. The van der Waals surface area contributed by atoms with Gasteiger partial charge in [0.15, 0.2) is 0 Å². The van der Waals surface area contributed by atoms with Gasteiger partial charge in [0.25, 0.3) is 0 Å². The Balaban J connectivity index is 2.26. The SMILES string of the molecule is COCCCNC(C)Cc1ccc(OC)cc1. The summed E-state index contributed by atoms with van der Waals surface area (Å²) in [5, 5.41) is 3.48. The van der Waals surface area contributed by atoms with Gasteiger partial charge in [-0.2, -0.15) is 0 Å². The van der Waals surface area contributed by atoms with Crippen LogP contribution in [0, 0.1) is 0 Å². The van der Waals surface area contributed by atoms with Crippen molar-refractivity contribution in [1.82, 2.24) is 5.32 Å². The van der Waals surface area contributed by atoms with E-state index in [1.54, 1.807) is 14.2 Å². The fourth-order valence-corrected chi connectivity index (χ4v) is 1.75. The molecule has 1 aromatic carbocycles. The number of methoxy groups -OCH3 is 2. The van der Waals surface area contributed by atoms with Crippen LogP contribution in [-0.2, 0) is 11.2 Å². The smallest absolute Gasteiger partial charge is 0.118 e. The highest BCUT2D eigenvalue weighted by molar-refractivity contribution is 5.27. The Kier molecular flexibility index (Phi) is 6.67. The molecule has 1 N–H and O–H groups in total. The Bertz CT molecular complexity index is 298. The zero-order valence-electron chi connectivity index (χ0n) is 11.0. The van der Waals surface area contributed by atoms with Crippen molar-refractivity contribution in [2.45, 2.75) is 25.8 Å².